The van der Waals surface area contributed by atoms with Gasteiger partial charge in [-0.15, -0.1) is 0 Å². The minimum absolute atomic E-state index is 0.0115. The summed E-state index contributed by atoms with van der Waals surface area (Å²) in [5.41, 5.74) is 6.64. The zero-order valence-electron chi connectivity index (χ0n) is 6.53. The Labute approximate surface area is 76.3 Å². The van der Waals surface area contributed by atoms with Gasteiger partial charge in [0.15, 0.2) is 5.56 Å². The van der Waals surface area contributed by atoms with Crippen molar-refractivity contribution in [3.63, 3.8) is 0 Å². The van der Waals surface area contributed by atoms with Crippen molar-refractivity contribution in [3.05, 3.63) is 29.8 Å². The normalized spacial score (nSPS) is 27.5. The van der Waals surface area contributed by atoms with Crippen molar-refractivity contribution < 1.29 is 4.74 Å². The van der Waals surface area contributed by atoms with Crippen LogP contribution in [0.4, 0.5) is 0 Å². The number of hydrogen-bond donors (Lipinski definition) is 1. The lowest BCUT2D eigenvalue weighted by atomic mass is 10.0. The van der Waals surface area contributed by atoms with Crippen molar-refractivity contribution in [2.45, 2.75) is 18.0 Å². The summed E-state index contributed by atoms with van der Waals surface area (Å²) in [5, 5.41) is 0. The molecule has 1 aromatic rings. The van der Waals surface area contributed by atoms with Crippen LogP contribution < -0.4 is 10.5 Å². The summed E-state index contributed by atoms with van der Waals surface area (Å²) in [7, 11) is 0. The molecule has 0 spiro atoms. The monoisotopic (exact) mass is 183 g/mol. The second-order valence-corrected chi connectivity index (χ2v) is 3.39. The SMILES string of the molecule is NC1CC(Cl)Oc2ccccc21. The van der Waals surface area contributed by atoms with Gasteiger partial charge in [-0.2, -0.15) is 0 Å². The highest BCUT2D eigenvalue weighted by molar-refractivity contribution is 6.20. The van der Waals surface area contributed by atoms with E-state index >= 15 is 0 Å². The van der Waals surface area contributed by atoms with Crippen LogP contribution in [-0.4, -0.2) is 5.56 Å². The van der Waals surface area contributed by atoms with E-state index in [-0.39, 0.29) is 11.6 Å². The van der Waals surface area contributed by atoms with Crippen LogP contribution in [0.25, 0.3) is 0 Å². The second-order valence-electron chi connectivity index (χ2n) is 2.91. The number of para-hydroxylation sites is 1. The van der Waals surface area contributed by atoms with E-state index in [0.29, 0.717) is 6.42 Å². The molecule has 2 atom stereocenters. The van der Waals surface area contributed by atoms with Crippen molar-refractivity contribution in [2.24, 2.45) is 5.73 Å². The maximum absolute atomic E-state index is 5.87. The molecule has 2 unspecified atom stereocenters. The molecule has 12 heavy (non-hydrogen) atoms. The van der Waals surface area contributed by atoms with Crippen molar-refractivity contribution in [1.29, 1.82) is 0 Å². The van der Waals surface area contributed by atoms with E-state index in [1.54, 1.807) is 0 Å². The molecule has 0 bridgehead atoms. The second kappa shape index (κ2) is 2.96. The Balaban J connectivity index is 2.40. The zero-order valence-corrected chi connectivity index (χ0v) is 7.29. The Bertz CT molecular complexity index is 290. The Morgan fingerprint density at radius 2 is 2.17 bits per heavy atom. The van der Waals surface area contributed by atoms with Gasteiger partial charge in [0.2, 0.25) is 0 Å². The van der Waals surface area contributed by atoms with Crippen molar-refractivity contribution in [3.8, 4) is 5.75 Å². The highest BCUT2D eigenvalue weighted by Crippen LogP contribution is 2.33. The molecule has 0 aromatic heterocycles. The van der Waals surface area contributed by atoms with Crippen LogP contribution in [0.1, 0.15) is 18.0 Å². The topological polar surface area (TPSA) is 35.2 Å². The molecule has 1 heterocycles. The third-order valence-electron chi connectivity index (χ3n) is 2.01. The lowest BCUT2D eigenvalue weighted by Gasteiger charge is -2.26. The van der Waals surface area contributed by atoms with E-state index in [4.69, 9.17) is 22.1 Å². The Morgan fingerprint density at radius 3 is 3.00 bits per heavy atom. The quantitative estimate of drug-likeness (QED) is 0.625. The van der Waals surface area contributed by atoms with Gasteiger partial charge >= 0.3 is 0 Å². The zero-order chi connectivity index (χ0) is 8.55. The van der Waals surface area contributed by atoms with Gasteiger partial charge in [-0.25, -0.2) is 0 Å². The van der Waals surface area contributed by atoms with E-state index in [2.05, 4.69) is 0 Å². The minimum atomic E-state index is -0.283. The molecular weight excluding hydrogens is 174 g/mol. The number of rotatable bonds is 0. The molecule has 0 amide bonds. The van der Waals surface area contributed by atoms with Gasteiger partial charge < -0.3 is 10.5 Å². The van der Waals surface area contributed by atoms with Crippen LogP contribution in [0, 0.1) is 0 Å². The first-order chi connectivity index (χ1) is 5.77. The van der Waals surface area contributed by atoms with Crippen LogP contribution >= 0.6 is 11.6 Å². The maximum Gasteiger partial charge on any atom is 0.174 e. The number of alkyl halides is 1. The highest BCUT2D eigenvalue weighted by atomic mass is 35.5. The molecule has 0 saturated heterocycles. The fraction of sp³-hybridized carbons (Fsp3) is 0.333. The molecule has 64 valence electrons. The van der Waals surface area contributed by atoms with E-state index in [0.717, 1.165) is 11.3 Å². The van der Waals surface area contributed by atoms with Gasteiger partial charge in [-0.3, -0.25) is 0 Å². The first-order valence-corrected chi connectivity index (χ1v) is 4.36. The number of hydrogen-bond acceptors (Lipinski definition) is 2. The number of ether oxygens (including phenoxy) is 1. The van der Waals surface area contributed by atoms with Gasteiger partial charge in [0.05, 0.1) is 0 Å². The molecule has 3 heteroatoms. The van der Waals surface area contributed by atoms with Gasteiger partial charge in [0.1, 0.15) is 5.75 Å². The van der Waals surface area contributed by atoms with E-state index in [9.17, 15) is 0 Å². The van der Waals surface area contributed by atoms with Gasteiger partial charge in [0.25, 0.3) is 0 Å². The number of halogens is 1. The lowest BCUT2D eigenvalue weighted by molar-refractivity contribution is 0.231. The summed E-state index contributed by atoms with van der Waals surface area (Å²) in [6, 6.07) is 7.75. The Kier molecular flexibility index (Phi) is 1.95. The summed E-state index contributed by atoms with van der Waals surface area (Å²) in [5.74, 6) is 0.816. The van der Waals surface area contributed by atoms with E-state index in [1.165, 1.54) is 0 Å². The molecular formula is C9H10ClNO. The standard InChI is InChI=1S/C9H10ClNO/c10-9-5-7(11)6-3-1-2-4-8(6)12-9/h1-4,7,9H,5,11H2. The summed E-state index contributed by atoms with van der Waals surface area (Å²) in [4.78, 5) is 0. The van der Waals surface area contributed by atoms with E-state index < -0.39 is 0 Å². The first kappa shape index (κ1) is 7.90. The molecule has 0 radical (unpaired) electrons. The van der Waals surface area contributed by atoms with Crippen LogP contribution in [-0.2, 0) is 0 Å². The number of fused-ring (bicyclic) bond motifs is 1. The fourth-order valence-corrected chi connectivity index (χ4v) is 1.69. The third-order valence-corrected chi connectivity index (χ3v) is 2.28. The highest BCUT2D eigenvalue weighted by Gasteiger charge is 2.23. The smallest absolute Gasteiger partial charge is 0.174 e. The fourth-order valence-electron chi connectivity index (χ4n) is 1.41. The Hall–Kier alpha value is -0.730. The molecule has 1 aromatic carbocycles. The third kappa shape index (κ3) is 1.28. The van der Waals surface area contributed by atoms with Gasteiger partial charge in [0, 0.05) is 18.0 Å². The average Bonchev–Trinajstić information content (AvgIpc) is 2.04. The molecule has 0 aliphatic carbocycles. The summed E-state index contributed by atoms with van der Waals surface area (Å²) < 4.78 is 5.39. The van der Waals surface area contributed by atoms with Crippen LogP contribution in [0.15, 0.2) is 24.3 Å². The lowest BCUT2D eigenvalue weighted by Crippen LogP contribution is -2.25. The van der Waals surface area contributed by atoms with Crippen LogP contribution in [0.5, 0.6) is 5.75 Å². The average molecular weight is 184 g/mol. The van der Waals surface area contributed by atoms with E-state index in [1.807, 2.05) is 24.3 Å². The van der Waals surface area contributed by atoms with Crippen molar-refractivity contribution >= 4 is 11.6 Å². The van der Waals surface area contributed by atoms with Crippen molar-refractivity contribution in [1.82, 2.24) is 0 Å². The first-order valence-electron chi connectivity index (χ1n) is 3.92. The molecule has 0 saturated carbocycles. The van der Waals surface area contributed by atoms with Gasteiger partial charge in [-0.05, 0) is 6.07 Å². The van der Waals surface area contributed by atoms with Crippen molar-refractivity contribution in [2.75, 3.05) is 0 Å². The molecule has 1 aliphatic rings. The summed E-state index contributed by atoms with van der Waals surface area (Å²) in [6.45, 7) is 0. The predicted molar refractivity (Wildman–Crippen MR) is 48.3 cm³/mol. The number of benzene rings is 1. The predicted octanol–water partition coefficient (Wildman–Crippen LogP) is 2.03. The molecule has 2 rings (SSSR count). The summed E-state index contributed by atoms with van der Waals surface area (Å²) in [6.07, 6.45) is 0.679. The minimum Gasteiger partial charge on any atom is -0.474 e. The van der Waals surface area contributed by atoms with Gasteiger partial charge in [-0.1, -0.05) is 29.8 Å². The number of nitrogens with two attached hydrogens (primary N) is 1. The largest absolute Gasteiger partial charge is 0.474 e. The summed E-state index contributed by atoms with van der Waals surface area (Å²) >= 11 is 5.84. The molecule has 2 nitrogen and oxygen atoms in total. The molecule has 1 aliphatic heterocycles. The molecule has 2 N–H and O–H groups in total. The van der Waals surface area contributed by atoms with Crippen LogP contribution in [0.2, 0.25) is 0 Å². The maximum atomic E-state index is 5.87. The Morgan fingerprint density at radius 1 is 1.42 bits per heavy atom. The van der Waals surface area contributed by atoms with Crippen LogP contribution in [0.3, 0.4) is 0 Å². The molecule has 0 fully saturated rings.